The molecule has 2 aromatic heterocycles. The molecular formula is C19H27N5O4. The molecule has 2 aromatic rings. The Morgan fingerprint density at radius 3 is 2.64 bits per heavy atom. The molecule has 9 heteroatoms. The zero-order valence-electron chi connectivity index (χ0n) is 16.8. The summed E-state index contributed by atoms with van der Waals surface area (Å²) >= 11 is 0. The number of hydrogen-bond donors (Lipinski definition) is 2. The second-order valence-corrected chi connectivity index (χ2v) is 7.31. The number of ether oxygens (including phenoxy) is 1. The van der Waals surface area contributed by atoms with Crippen LogP contribution in [0.15, 0.2) is 10.6 Å². The van der Waals surface area contributed by atoms with Crippen LogP contribution in [0.3, 0.4) is 0 Å². The normalized spacial score (nSPS) is 16.2. The Balaban J connectivity index is 1.58. The number of carbonyl (C=O) groups excluding carboxylic acids is 1. The third kappa shape index (κ3) is 4.48. The molecule has 1 amide bonds. The molecule has 3 rings (SSSR count). The Hall–Kier alpha value is -2.52. The Morgan fingerprint density at radius 1 is 1.32 bits per heavy atom. The number of aliphatic hydroxyl groups is 1. The minimum absolute atomic E-state index is 0.0955. The summed E-state index contributed by atoms with van der Waals surface area (Å²) in [4.78, 5) is 23.2. The molecule has 0 bridgehead atoms. The molecule has 1 saturated heterocycles. The lowest BCUT2D eigenvalue weighted by Crippen LogP contribution is -2.50. The maximum Gasteiger partial charge on any atom is 0.259 e. The largest absolute Gasteiger partial charge is 0.388 e. The van der Waals surface area contributed by atoms with Crippen molar-refractivity contribution >= 4 is 11.7 Å². The van der Waals surface area contributed by atoms with E-state index in [1.165, 1.54) is 0 Å². The average Bonchev–Trinajstić information content (AvgIpc) is 2.98. The Labute approximate surface area is 164 Å². The molecule has 9 nitrogen and oxygen atoms in total. The predicted molar refractivity (Wildman–Crippen MR) is 102 cm³/mol. The van der Waals surface area contributed by atoms with Crippen LogP contribution < -0.4 is 5.32 Å². The van der Waals surface area contributed by atoms with Gasteiger partial charge in [-0.3, -0.25) is 4.79 Å². The minimum Gasteiger partial charge on any atom is -0.388 e. The van der Waals surface area contributed by atoms with Crippen molar-refractivity contribution in [3.63, 3.8) is 0 Å². The van der Waals surface area contributed by atoms with Crippen LogP contribution in [0.4, 0.5) is 5.82 Å². The van der Waals surface area contributed by atoms with Crippen LogP contribution in [-0.4, -0.2) is 63.4 Å². The second kappa shape index (κ2) is 8.24. The number of piperidine rings is 1. The lowest BCUT2D eigenvalue weighted by atomic mass is 9.91. The third-order valence-corrected chi connectivity index (χ3v) is 5.00. The number of nitrogens with one attached hydrogen (secondary N) is 1. The van der Waals surface area contributed by atoms with Gasteiger partial charge in [0.15, 0.2) is 5.82 Å². The predicted octanol–water partition coefficient (Wildman–Crippen LogP) is 1.62. The van der Waals surface area contributed by atoms with Gasteiger partial charge >= 0.3 is 0 Å². The summed E-state index contributed by atoms with van der Waals surface area (Å²) in [5, 5.41) is 18.0. The minimum atomic E-state index is -0.907. The van der Waals surface area contributed by atoms with E-state index in [-0.39, 0.29) is 5.91 Å². The first-order valence-corrected chi connectivity index (χ1v) is 9.33. The van der Waals surface area contributed by atoms with Crippen LogP contribution in [0.2, 0.25) is 0 Å². The number of amides is 1. The topological polar surface area (TPSA) is 114 Å². The molecule has 2 N–H and O–H groups in total. The van der Waals surface area contributed by atoms with Gasteiger partial charge in [-0.05, 0) is 33.6 Å². The molecule has 0 aliphatic carbocycles. The van der Waals surface area contributed by atoms with E-state index in [0.29, 0.717) is 67.7 Å². The van der Waals surface area contributed by atoms with Gasteiger partial charge in [0, 0.05) is 38.5 Å². The fourth-order valence-electron chi connectivity index (χ4n) is 3.42. The van der Waals surface area contributed by atoms with E-state index in [9.17, 15) is 9.90 Å². The Kier molecular flexibility index (Phi) is 5.95. The molecule has 1 aliphatic rings. The quantitative estimate of drug-likeness (QED) is 0.766. The highest BCUT2D eigenvalue weighted by Crippen LogP contribution is 2.25. The lowest BCUT2D eigenvalue weighted by Gasteiger charge is -2.38. The molecule has 3 heterocycles. The number of aromatic nitrogens is 3. The molecule has 0 unspecified atom stereocenters. The molecule has 0 aromatic carbocycles. The van der Waals surface area contributed by atoms with Crippen LogP contribution in [0, 0.1) is 20.8 Å². The molecule has 1 aliphatic heterocycles. The van der Waals surface area contributed by atoms with Crippen LogP contribution in [-0.2, 0) is 11.3 Å². The van der Waals surface area contributed by atoms with Gasteiger partial charge in [0.2, 0.25) is 0 Å². The Bertz CT molecular complexity index is 823. The summed E-state index contributed by atoms with van der Waals surface area (Å²) in [6, 6.07) is 1.83. The van der Waals surface area contributed by atoms with E-state index in [1.54, 1.807) is 25.9 Å². The zero-order valence-corrected chi connectivity index (χ0v) is 16.8. The first-order chi connectivity index (χ1) is 13.3. The molecule has 1 fully saturated rings. The number of aryl methyl sites for hydroxylation is 3. The van der Waals surface area contributed by atoms with E-state index < -0.39 is 5.60 Å². The summed E-state index contributed by atoms with van der Waals surface area (Å²) in [7, 11) is 1.60. The highest BCUT2D eigenvalue weighted by molar-refractivity contribution is 5.96. The fraction of sp³-hybridized carbons (Fsp3) is 0.579. The van der Waals surface area contributed by atoms with Crippen molar-refractivity contribution in [2.24, 2.45) is 0 Å². The van der Waals surface area contributed by atoms with E-state index in [4.69, 9.17) is 9.26 Å². The first kappa shape index (κ1) is 20.2. The average molecular weight is 389 g/mol. The van der Waals surface area contributed by atoms with Gasteiger partial charge < -0.3 is 24.6 Å². The van der Waals surface area contributed by atoms with Crippen LogP contribution in [0.25, 0.3) is 0 Å². The summed E-state index contributed by atoms with van der Waals surface area (Å²) in [5.41, 5.74) is 1.04. The highest BCUT2D eigenvalue weighted by atomic mass is 16.5. The summed E-state index contributed by atoms with van der Waals surface area (Å²) in [6.45, 7) is 7.01. The molecule has 0 atom stereocenters. The Morgan fingerprint density at radius 2 is 2.04 bits per heavy atom. The van der Waals surface area contributed by atoms with Gasteiger partial charge in [-0.2, -0.15) is 0 Å². The maximum absolute atomic E-state index is 12.7. The SMILES string of the molecule is COCc1nc(C)cc(NCC2(O)CCN(C(=O)c3c(C)noc3C)CC2)n1. The molecule has 0 saturated carbocycles. The smallest absolute Gasteiger partial charge is 0.259 e. The van der Waals surface area contributed by atoms with E-state index >= 15 is 0 Å². The van der Waals surface area contributed by atoms with Crippen molar-refractivity contribution in [3.05, 3.63) is 34.6 Å². The monoisotopic (exact) mass is 389 g/mol. The third-order valence-electron chi connectivity index (χ3n) is 5.00. The van der Waals surface area contributed by atoms with Crippen LogP contribution in [0.5, 0.6) is 0 Å². The van der Waals surface area contributed by atoms with Gasteiger partial charge in [0.05, 0.1) is 11.3 Å². The zero-order chi connectivity index (χ0) is 20.3. The van der Waals surface area contributed by atoms with E-state index in [1.807, 2.05) is 13.0 Å². The van der Waals surface area contributed by atoms with Gasteiger partial charge in [0.25, 0.3) is 5.91 Å². The molecule has 0 radical (unpaired) electrons. The summed E-state index contributed by atoms with van der Waals surface area (Å²) in [6.07, 6.45) is 0.953. The number of methoxy groups -OCH3 is 1. The number of nitrogens with zero attached hydrogens (tertiary/aromatic N) is 4. The molecule has 152 valence electrons. The molecule has 28 heavy (non-hydrogen) atoms. The molecular weight excluding hydrogens is 362 g/mol. The van der Waals surface area contributed by atoms with Crippen molar-refractivity contribution in [1.29, 1.82) is 0 Å². The van der Waals surface area contributed by atoms with Gasteiger partial charge in [-0.15, -0.1) is 0 Å². The van der Waals surface area contributed by atoms with Crippen LogP contribution in [0.1, 0.15) is 46.2 Å². The first-order valence-electron chi connectivity index (χ1n) is 9.33. The maximum atomic E-state index is 12.7. The summed E-state index contributed by atoms with van der Waals surface area (Å²) in [5.74, 6) is 1.68. The fourth-order valence-corrected chi connectivity index (χ4v) is 3.42. The van der Waals surface area contributed by atoms with E-state index in [0.717, 1.165) is 5.69 Å². The number of hydrogen-bond acceptors (Lipinski definition) is 8. The van der Waals surface area contributed by atoms with E-state index in [2.05, 4.69) is 20.4 Å². The van der Waals surface area contributed by atoms with Crippen molar-refractivity contribution in [2.45, 2.75) is 45.8 Å². The van der Waals surface area contributed by atoms with Crippen molar-refractivity contribution in [3.8, 4) is 0 Å². The van der Waals surface area contributed by atoms with Gasteiger partial charge in [-0.25, -0.2) is 9.97 Å². The number of carbonyl (C=O) groups is 1. The standard InChI is InChI=1S/C19H27N5O4/c1-12-9-15(22-16(21-12)10-27-4)20-11-19(26)5-7-24(8-6-19)18(25)17-13(2)23-28-14(17)3/h9,26H,5-8,10-11H2,1-4H3,(H,20,21,22). The summed E-state index contributed by atoms with van der Waals surface area (Å²) < 4.78 is 10.2. The van der Waals surface area contributed by atoms with Crippen molar-refractivity contribution < 1.29 is 19.2 Å². The number of likely N-dealkylation sites (tertiary alicyclic amines) is 1. The van der Waals surface area contributed by atoms with Crippen molar-refractivity contribution in [1.82, 2.24) is 20.0 Å². The van der Waals surface area contributed by atoms with Gasteiger partial charge in [-0.1, -0.05) is 5.16 Å². The molecule has 0 spiro atoms. The highest BCUT2D eigenvalue weighted by Gasteiger charge is 2.35. The lowest BCUT2D eigenvalue weighted by molar-refractivity contribution is -0.00653. The van der Waals surface area contributed by atoms with Gasteiger partial charge in [0.1, 0.15) is 23.7 Å². The number of anilines is 1. The van der Waals surface area contributed by atoms with Crippen molar-refractivity contribution in [2.75, 3.05) is 32.1 Å². The second-order valence-electron chi connectivity index (χ2n) is 7.31. The number of rotatable bonds is 6. The van der Waals surface area contributed by atoms with Crippen LogP contribution >= 0.6 is 0 Å².